The molecular formula is C19H24O7. The van der Waals surface area contributed by atoms with Gasteiger partial charge in [-0.15, -0.1) is 0 Å². The maximum absolute atomic E-state index is 12.3. The lowest BCUT2D eigenvalue weighted by atomic mass is 9.55. The standard InChI is InChI=1S/C19H24O7/c1-9-14(25-11(3)21)7-15(22)19(4)6-5-12-13(8-24-10(2)20)18(23)26-17(12)16(9)19/h14-17,22H,1,5-8H2,2-4H3/t14-,15+,16-,17-,19-/m0/s1. The van der Waals surface area contributed by atoms with Crippen LogP contribution in [0.2, 0.25) is 0 Å². The number of rotatable bonds is 3. The predicted molar refractivity (Wildman–Crippen MR) is 89.7 cm³/mol. The van der Waals surface area contributed by atoms with Crippen molar-refractivity contribution in [1.29, 1.82) is 0 Å². The van der Waals surface area contributed by atoms with Crippen molar-refractivity contribution in [2.24, 2.45) is 11.3 Å². The van der Waals surface area contributed by atoms with Crippen LogP contribution in [0.1, 0.15) is 40.0 Å². The van der Waals surface area contributed by atoms with Crippen molar-refractivity contribution in [3.63, 3.8) is 0 Å². The van der Waals surface area contributed by atoms with Crippen LogP contribution in [0.3, 0.4) is 0 Å². The molecule has 1 N–H and O–H groups in total. The molecule has 3 rings (SSSR count). The summed E-state index contributed by atoms with van der Waals surface area (Å²) in [7, 11) is 0. The summed E-state index contributed by atoms with van der Waals surface area (Å²) in [6.45, 7) is 8.53. The number of hydrogen-bond acceptors (Lipinski definition) is 7. The summed E-state index contributed by atoms with van der Waals surface area (Å²) in [4.78, 5) is 34.8. The number of fused-ring (bicyclic) bond motifs is 3. The van der Waals surface area contributed by atoms with Gasteiger partial charge < -0.3 is 19.3 Å². The van der Waals surface area contributed by atoms with Gasteiger partial charge >= 0.3 is 17.9 Å². The van der Waals surface area contributed by atoms with Crippen LogP contribution in [-0.2, 0) is 28.6 Å². The highest BCUT2D eigenvalue weighted by molar-refractivity contribution is 5.93. The first-order chi connectivity index (χ1) is 12.1. The molecular weight excluding hydrogens is 340 g/mol. The van der Waals surface area contributed by atoms with Gasteiger partial charge in [0.15, 0.2) is 0 Å². The van der Waals surface area contributed by atoms with Gasteiger partial charge in [-0.05, 0) is 24.0 Å². The zero-order chi connectivity index (χ0) is 19.2. The molecule has 2 fully saturated rings. The Morgan fingerprint density at radius 1 is 1.35 bits per heavy atom. The van der Waals surface area contributed by atoms with E-state index in [0.29, 0.717) is 24.0 Å². The molecule has 0 bridgehead atoms. The van der Waals surface area contributed by atoms with Gasteiger partial charge in [0, 0.05) is 31.6 Å². The summed E-state index contributed by atoms with van der Waals surface area (Å²) < 4.78 is 15.9. The zero-order valence-electron chi connectivity index (χ0n) is 15.2. The molecule has 0 unspecified atom stereocenters. The smallest absolute Gasteiger partial charge is 0.338 e. The molecule has 3 aliphatic rings. The average molecular weight is 364 g/mol. The maximum Gasteiger partial charge on any atom is 0.338 e. The Morgan fingerprint density at radius 2 is 2.04 bits per heavy atom. The van der Waals surface area contributed by atoms with Gasteiger partial charge in [-0.1, -0.05) is 13.5 Å². The van der Waals surface area contributed by atoms with Gasteiger partial charge in [-0.3, -0.25) is 9.59 Å². The molecule has 142 valence electrons. The Labute approximate surface area is 152 Å². The van der Waals surface area contributed by atoms with Crippen molar-refractivity contribution < 1.29 is 33.7 Å². The van der Waals surface area contributed by atoms with Crippen molar-refractivity contribution >= 4 is 17.9 Å². The van der Waals surface area contributed by atoms with E-state index in [1.807, 2.05) is 6.92 Å². The van der Waals surface area contributed by atoms with Crippen molar-refractivity contribution in [3.05, 3.63) is 23.3 Å². The van der Waals surface area contributed by atoms with E-state index in [2.05, 4.69) is 6.58 Å². The fourth-order valence-electron chi connectivity index (χ4n) is 4.49. The highest BCUT2D eigenvalue weighted by Gasteiger charge is 2.58. The van der Waals surface area contributed by atoms with E-state index in [1.54, 1.807) is 0 Å². The minimum Gasteiger partial charge on any atom is -0.461 e. The Hall–Kier alpha value is -2.15. The Morgan fingerprint density at radius 3 is 2.65 bits per heavy atom. The third kappa shape index (κ3) is 2.94. The fourth-order valence-corrected chi connectivity index (χ4v) is 4.49. The highest BCUT2D eigenvalue weighted by Crippen LogP contribution is 2.56. The lowest BCUT2D eigenvalue weighted by Crippen LogP contribution is -2.55. The SMILES string of the molecule is C=C1[C@@H](OC(C)=O)C[C@@H](O)[C@]2(C)CCC3=C(COC(C)=O)C(=O)O[C@@H]3[C@H]12. The third-order valence-corrected chi connectivity index (χ3v) is 5.90. The quantitative estimate of drug-likeness (QED) is 0.459. The second-order valence-corrected chi connectivity index (χ2v) is 7.52. The molecule has 7 nitrogen and oxygen atoms in total. The normalized spacial score (nSPS) is 36.2. The Bertz CT molecular complexity index is 707. The van der Waals surface area contributed by atoms with Crippen LogP contribution in [0.4, 0.5) is 0 Å². The maximum atomic E-state index is 12.3. The van der Waals surface area contributed by atoms with Gasteiger partial charge in [0.1, 0.15) is 18.8 Å². The topological polar surface area (TPSA) is 99.1 Å². The summed E-state index contributed by atoms with van der Waals surface area (Å²) in [5.74, 6) is -1.79. The number of aliphatic hydroxyl groups excluding tert-OH is 1. The van der Waals surface area contributed by atoms with E-state index in [0.717, 1.165) is 5.57 Å². The number of aliphatic hydroxyl groups is 1. The van der Waals surface area contributed by atoms with Gasteiger partial charge in [0.05, 0.1) is 11.7 Å². The Kier molecular flexibility index (Phi) is 4.69. The molecule has 0 radical (unpaired) electrons. The first-order valence-electron chi connectivity index (χ1n) is 8.75. The van der Waals surface area contributed by atoms with E-state index in [-0.39, 0.29) is 18.9 Å². The molecule has 26 heavy (non-hydrogen) atoms. The summed E-state index contributed by atoms with van der Waals surface area (Å²) in [5.41, 5.74) is 1.27. The summed E-state index contributed by atoms with van der Waals surface area (Å²) in [6, 6.07) is 0. The first-order valence-corrected chi connectivity index (χ1v) is 8.75. The van der Waals surface area contributed by atoms with Crippen LogP contribution >= 0.6 is 0 Å². The lowest BCUT2D eigenvalue weighted by molar-refractivity contribution is -0.161. The first kappa shape index (κ1) is 18.6. The number of hydrogen-bond donors (Lipinski definition) is 1. The van der Waals surface area contributed by atoms with Crippen molar-refractivity contribution in [2.45, 2.75) is 58.3 Å². The monoisotopic (exact) mass is 364 g/mol. The van der Waals surface area contributed by atoms with Gasteiger partial charge in [0.25, 0.3) is 0 Å². The number of esters is 3. The van der Waals surface area contributed by atoms with Crippen LogP contribution in [-0.4, -0.2) is 47.9 Å². The summed E-state index contributed by atoms with van der Waals surface area (Å²) >= 11 is 0. The van der Waals surface area contributed by atoms with Gasteiger partial charge in [-0.2, -0.15) is 0 Å². The van der Waals surface area contributed by atoms with Crippen LogP contribution < -0.4 is 0 Å². The van der Waals surface area contributed by atoms with E-state index in [1.165, 1.54) is 13.8 Å². The predicted octanol–water partition coefficient (Wildman–Crippen LogP) is 1.44. The van der Waals surface area contributed by atoms with E-state index < -0.39 is 41.6 Å². The summed E-state index contributed by atoms with van der Waals surface area (Å²) in [6.07, 6.45) is -0.409. The minimum atomic E-state index is -0.708. The van der Waals surface area contributed by atoms with Crippen LogP contribution in [0.25, 0.3) is 0 Å². The molecule has 0 aromatic heterocycles. The molecule has 0 saturated heterocycles. The number of ether oxygens (including phenoxy) is 3. The second-order valence-electron chi connectivity index (χ2n) is 7.52. The van der Waals surface area contributed by atoms with E-state index in [4.69, 9.17) is 14.2 Å². The van der Waals surface area contributed by atoms with Crippen molar-refractivity contribution in [3.8, 4) is 0 Å². The molecule has 0 amide bonds. The molecule has 2 aliphatic carbocycles. The number of carbonyl (C=O) groups excluding carboxylic acids is 3. The molecule has 1 aliphatic heterocycles. The molecule has 0 aromatic rings. The third-order valence-electron chi connectivity index (χ3n) is 5.90. The zero-order valence-corrected chi connectivity index (χ0v) is 15.2. The van der Waals surface area contributed by atoms with Crippen LogP contribution in [0.5, 0.6) is 0 Å². The van der Waals surface area contributed by atoms with E-state index >= 15 is 0 Å². The molecule has 1 heterocycles. The number of carbonyl (C=O) groups is 3. The molecule has 7 heteroatoms. The van der Waals surface area contributed by atoms with Crippen LogP contribution in [0.15, 0.2) is 23.3 Å². The lowest BCUT2D eigenvalue weighted by Gasteiger charge is -2.53. The second kappa shape index (κ2) is 6.54. The van der Waals surface area contributed by atoms with E-state index in [9.17, 15) is 19.5 Å². The minimum absolute atomic E-state index is 0.119. The fraction of sp³-hybridized carbons (Fsp3) is 0.632. The largest absolute Gasteiger partial charge is 0.461 e. The van der Waals surface area contributed by atoms with Gasteiger partial charge in [0.2, 0.25) is 0 Å². The van der Waals surface area contributed by atoms with Crippen molar-refractivity contribution in [1.82, 2.24) is 0 Å². The van der Waals surface area contributed by atoms with Gasteiger partial charge in [-0.25, -0.2) is 4.79 Å². The van der Waals surface area contributed by atoms with Crippen molar-refractivity contribution in [2.75, 3.05) is 6.61 Å². The molecule has 2 saturated carbocycles. The van der Waals surface area contributed by atoms with Crippen LogP contribution in [0, 0.1) is 11.3 Å². The molecule has 0 spiro atoms. The highest BCUT2D eigenvalue weighted by atomic mass is 16.6. The Balaban J connectivity index is 1.94. The average Bonchev–Trinajstić information content (AvgIpc) is 2.85. The summed E-state index contributed by atoms with van der Waals surface area (Å²) in [5, 5.41) is 10.7. The molecule has 0 aromatic carbocycles. The molecule has 5 atom stereocenters.